The van der Waals surface area contributed by atoms with Crippen LogP contribution in [0.25, 0.3) is 5.69 Å². The van der Waals surface area contributed by atoms with Crippen LogP contribution in [0.3, 0.4) is 0 Å². The van der Waals surface area contributed by atoms with Gasteiger partial charge in [-0.3, -0.25) is 4.79 Å². The number of nitrogens with one attached hydrogen (secondary N) is 1. The van der Waals surface area contributed by atoms with Crippen molar-refractivity contribution in [3.8, 4) is 17.9 Å². The maximum atomic E-state index is 12.2. The molecule has 0 spiro atoms. The minimum Gasteiger partial charge on any atom is -0.349 e. The second kappa shape index (κ2) is 7.02. The number of benzene rings is 1. The third-order valence-electron chi connectivity index (χ3n) is 4.50. The number of amides is 1. The molecule has 0 saturated carbocycles. The normalized spacial score (nSPS) is 19.2. The second-order valence-electron chi connectivity index (χ2n) is 5.97. The summed E-state index contributed by atoms with van der Waals surface area (Å²) >= 11 is 0. The van der Waals surface area contributed by atoms with Crippen LogP contribution in [0.5, 0.6) is 0 Å². The van der Waals surface area contributed by atoms with E-state index in [0.29, 0.717) is 17.8 Å². The van der Waals surface area contributed by atoms with Gasteiger partial charge >= 0.3 is 0 Å². The molecule has 1 fully saturated rings. The van der Waals surface area contributed by atoms with Crippen molar-refractivity contribution in [3.63, 3.8) is 0 Å². The van der Waals surface area contributed by atoms with E-state index >= 15 is 0 Å². The van der Waals surface area contributed by atoms with Gasteiger partial charge in [-0.15, -0.1) is 5.10 Å². The Hall–Kier alpha value is -3.39. The molecule has 1 aliphatic heterocycles. The third-order valence-corrected chi connectivity index (χ3v) is 4.50. The number of rotatable bonds is 4. The van der Waals surface area contributed by atoms with Gasteiger partial charge in [-0.2, -0.15) is 10.5 Å². The average molecular weight is 335 g/mol. The summed E-state index contributed by atoms with van der Waals surface area (Å²) in [6.07, 6.45) is 4.48. The number of nitriles is 2. The van der Waals surface area contributed by atoms with Gasteiger partial charge in [0.1, 0.15) is 6.33 Å². The fourth-order valence-electron chi connectivity index (χ4n) is 2.93. The molecular formula is C17H17N7O. The van der Waals surface area contributed by atoms with Crippen molar-refractivity contribution >= 4 is 5.91 Å². The van der Waals surface area contributed by atoms with E-state index in [2.05, 4.69) is 27.7 Å². The summed E-state index contributed by atoms with van der Waals surface area (Å²) < 4.78 is 1.46. The monoisotopic (exact) mass is 335 g/mol. The first kappa shape index (κ1) is 16.5. The molecule has 0 aliphatic carbocycles. The highest BCUT2D eigenvalue weighted by Crippen LogP contribution is 2.22. The van der Waals surface area contributed by atoms with E-state index in [0.717, 1.165) is 13.0 Å². The molecule has 2 heterocycles. The molecule has 3 rings (SSSR count). The lowest BCUT2D eigenvalue weighted by Crippen LogP contribution is -2.35. The van der Waals surface area contributed by atoms with Crippen molar-refractivity contribution in [1.29, 1.82) is 10.5 Å². The minimum atomic E-state index is -0.349. The molecule has 1 saturated heterocycles. The molecule has 1 amide bonds. The molecule has 8 nitrogen and oxygen atoms in total. The molecular weight excluding hydrogens is 318 g/mol. The SMILES string of the molecule is CC1C(CNC(=O)c2ncn(-c3cccc(C#N)c3)n2)CCN1C#N. The standard InChI is InChI=1S/C17H17N7O/c1-12-14(5-6-23(12)10-19)9-20-17(25)16-21-11-24(22-16)15-4-2-3-13(7-15)8-18/h2-4,7,11-12,14H,5-6,9H2,1H3,(H,20,25). The molecule has 126 valence electrons. The highest BCUT2D eigenvalue weighted by atomic mass is 16.2. The van der Waals surface area contributed by atoms with E-state index in [-0.39, 0.29) is 23.7 Å². The molecule has 25 heavy (non-hydrogen) atoms. The van der Waals surface area contributed by atoms with Gasteiger partial charge in [0, 0.05) is 19.1 Å². The largest absolute Gasteiger partial charge is 0.349 e. The van der Waals surface area contributed by atoms with E-state index in [9.17, 15) is 4.79 Å². The van der Waals surface area contributed by atoms with E-state index < -0.39 is 0 Å². The van der Waals surface area contributed by atoms with Gasteiger partial charge in [0.05, 0.1) is 17.3 Å². The lowest BCUT2D eigenvalue weighted by atomic mass is 10.0. The topological polar surface area (TPSA) is 111 Å². The minimum absolute atomic E-state index is 0.0742. The van der Waals surface area contributed by atoms with Crippen molar-refractivity contribution in [1.82, 2.24) is 25.0 Å². The first-order valence-corrected chi connectivity index (χ1v) is 7.99. The molecule has 2 unspecified atom stereocenters. The maximum absolute atomic E-state index is 12.2. The lowest BCUT2D eigenvalue weighted by Gasteiger charge is -2.19. The number of hydrogen-bond acceptors (Lipinski definition) is 6. The summed E-state index contributed by atoms with van der Waals surface area (Å²) in [6.45, 7) is 3.19. The predicted molar refractivity (Wildman–Crippen MR) is 88.3 cm³/mol. The molecule has 2 atom stereocenters. The number of nitrogens with zero attached hydrogens (tertiary/aromatic N) is 6. The number of carbonyl (C=O) groups excluding carboxylic acids is 1. The smallest absolute Gasteiger partial charge is 0.290 e. The zero-order chi connectivity index (χ0) is 17.8. The van der Waals surface area contributed by atoms with Gasteiger partial charge in [-0.1, -0.05) is 6.07 Å². The Bertz CT molecular complexity index is 860. The Labute approximate surface area is 145 Å². The molecule has 1 N–H and O–H groups in total. The van der Waals surface area contributed by atoms with Crippen LogP contribution in [0.2, 0.25) is 0 Å². The second-order valence-corrected chi connectivity index (χ2v) is 5.97. The Balaban J connectivity index is 1.63. The molecule has 8 heteroatoms. The predicted octanol–water partition coefficient (Wildman–Crippen LogP) is 1.06. The summed E-state index contributed by atoms with van der Waals surface area (Å²) in [4.78, 5) is 18.0. The van der Waals surface area contributed by atoms with Crippen LogP contribution in [0, 0.1) is 28.7 Å². The zero-order valence-electron chi connectivity index (χ0n) is 13.8. The van der Waals surface area contributed by atoms with Crippen LogP contribution >= 0.6 is 0 Å². The highest BCUT2D eigenvalue weighted by molar-refractivity contribution is 5.90. The van der Waals surface area contributed by atoms with Crippen molar-refractivity contribution in [2.24, 2.45) is 5.92 Å². The maximum Gasteiger partial charge on any atom is 0.290 e. The summed E-state index contributed by atoms with van der Waals surface area (Å²) in [6, 6.07) is 9.08. The molecule has 1 aromatic carbocycles. The van der Waals surface area contributed by atoms with E-state index in [1.165, 1.54) is 11.0 Å². The van der Waals surface area contributed by atoms with Gasteiger partial charge in [0.25, 0.3) is 5.91 Å². The van der Waals surface area contributed by atoms with E-state index in [1.807, 2.05) is 6.92 Å². The van der Waals surface area contributed by atoms with E-state index in [4.69, 9.17) is 10.5 Å². The van der Waals surface area contributed by atoms with Crippen LogP contribution < -0.4 is 5.32 Å². The number of aromatic nitrogens is 3. The summed E-state index contributed by atoms with van der Waals surface area (Å²) in [5, 5.41) is 25.0. The number of likely N-dealkylation sites (tertiary alicyclic amines) is 1. The summed E-state index contributed by atoms with van der Waals surface area (Å²) in [7, 11) is 0. The fraction of sp³-hybridized carbons (Fsp3) is 0.353. The lowest BCUT2D eigenvalue weighted by molar-refractivity contribution is 0.0935. The van der Waals surface area contributed by atoms with Gasteiger partial charge < -0.3 is 10.2 Å². The van der Waals surface area contributed by atoms with Gasteiger partial charge in [-0.05, 0) is 37.5 Å². The zero-order valence-corrected chi connectivity index (χ0v) is 13.8. The van der Waals surface area contributed by atoms with Crippen molar-refractivity contribution in [3.05, 3.63) is 42.0 Å². The highest BCUT2D eigenvalue weighted by Gasteiger charge is 2.30. The van der Waals surface area contributed by atoms with Crippen LogP contribution in [-0.4, -0.2) is 44.7 Å². The van der Waals surface area contributed by atoms with Crippen molar-refractivity contribution < 1.29 is 4.79 Å². The Morgan fingerprint density at radius 2 is 2.28 bits per heavy atom. The summed E-state index contributed by atoms with van der Waals surface area (Å²) in [5.74, 6) is -0.0408. The first-order chi connectivity index (χ1) is 12.1. The Kier molecular flexibility index (Phi) is 4.62. The van der Waals surface area contributed by atoms with Gasteiger partial charge in [-0.25, -0.2) is 9.67 Å². The molecule has 2 aromatic rings. The Morgan fingerprint density at radius 3 is 3.00 bits per heavy atom. The van der Waals surface area contributed by atoms with E-state index in [1.54, 1.807) is 29.2 Å². The molecule has 0 bridgehead atoms. The quantitative estimate of drug-likeness (QED) is 0.836. The summed E-state index contributed by atoms with van der Waals surface area (Å²) in [5.41, 5.74) is 1.18. The average Bonchev–Trinajstić information content (AvgIpc) is 3.27. The molecule has 0 radical (unpaired) electrons. The van der Waals surface area contributed by atoms with Crippen LogP contribution in [0.15, 0.2) is 30.6 Å². The Morgan fingerprint density at radius 1 is 1.44 bits per heavy atom. The van der Waals surface area contributed by atoms with Crippen LogP contribution in [-0.2, 0) is 0 Å². The van der Waals surface area contributed by atoms with Crippen LogP contribution in [0.4, 0.5) is 0 Å². The molecule has 1 aliphatic rings. The van der Waals surface area contributed by atoms with Crippen LogP contribution in [0.1, 0.15) is 29.5 Å². The molecule has 1 aromatic heterocycles. The van der Waals surface area contributed by atoms with Crippen molar-refractivity contribution in [2.75, 3.05) is 13.1 Å². The number of hydrogen-bond donors (Lipinski definition) is 1. The van der Waals surface area contributed by atoms with Crippen molar-refractivity contribution in [2.45, 2.75) is 19.4 Å². The van der Waals surface area contributed by atoms with Gasteiger partial charge in [0.2, 0.25) is 5.82 Å². The van der Waals surface area contributed by atoms with Gasteiger partial charge in [0.15, 0.2) is 6.19 Å². The first-order valence-electron chi connectivity index (χ1n) is 7.99. The number of carbonyl (C=O) groups is 1. The fourth-order valence-corrected chi connectivity index (χ4v) is 2.93. The third kappa shape index (κ3) is 3.43.